The molecule has 8 nitrogen and oxygen atoms in total. The first-order chi connectivity index (χ1) is 39.8. The quantitative estimate of drug-likeness (QED) is 0.114. The summed E-state index contributed by atoms with van der Waals surface area (Å²) in [6, 6.07) is 48.3. The number of para-hydroxylation sites is 2. The molecule has 0 atom stereocenters. The fourth-order valence-corrected chi connectivity index (χ4v) is 9.40. The van der Waals surface area contributed by atoms with Crippen molar-refractivity contribution in [2.75, 3.05) is 0 Å². The van der Waals surface area contributed by atoms with Gasteiger partial charge in [-0.25, -0.2) is 19.9 Å². The fraction of sp³-hybridized carbons (Fsp3) is 0.0923. The molecule has 0 unspecified atom stereocenters. The van der Waals surface area contributed by atoms with Crippen LogP contribution >= 0.6 is 0 Å². The summed E-state index contributed by atoms with van der Waals surface area (Å²) < 4.78 is 99.4. The monoisotopic (exact) mass is 955 g/mol. The Hall–Kier alpha value is -9.36. The first kappa shape index (κ1) is 34.9. The summed E-state index contributed by atoms with van der Waals surface area (Å²) in [7, 11) is 0. The molecule has 0 bridgehead atoms. The van der Waals surface area contributed by atoms with Gasteiger partial charge in [-0.05, 0) is 92.4 Å². The third-order valence-corrected chi connectivity index (χ3v) is 13.4. The number of pyridine rings is 1. The van der Waals surface area contributed by atoms with Crippen LogP contribution in [0, 0.1) is 0 Å². The third kappa shape index (κ3) is 8.29. The minimum absolute atomic E-state index is 0.136. The normalized spacial score (nSPS) is 14.5. The molecule has 1 aliphatic heterocycles. The number of hydrogen-bond donors (Lipinski definition) is 0. The van der Waals surface area contributed by atoms with Crippen LogP contribution in [0.25, 0.3) is 61.3 Å². The molecule has 8 aromatic carbocycles. The van der Waals surface area contributed by atoms with Gasteiger partial charge in [-0.2, -0.15) is 0 Å². The Morgan fingerprint density at radius 2 is 1.11 bits per heavy atom. The molecule has 0 radical (unpaired) electrons. The van der Waals surface area contributed by atoms with Gasteiger partial charge in [0.1, 0.15) is 29.0 Å². The lowest BCUT2D eigenvalue weighted by molar-refractivity contribution is -0.386. The van der Waals surface area contributed by atoms with Crippen molar-refractivity contribution < 1.29 is 27.6 Å². The average Bonchev–Trinajstić information content (AvgIpc) is 2.80. The third-order valence-electron chi connectivity index (χ3n) is 13.4. The van der Waals surface area contributed by atoms with E-state index in [1.807, 2.05) is 97.1 Å². The van der Waals surface area contributed by atoms with Crippen molar-refractivity contribution in [1.29, 1.82) is 0 Å². The van der Waals surface area contributed by atoms with E-state index in [4.69, 9.17) is 38.4 Å². The highest BCUT2D eigenvalue weighted by atomic mass is 16.5. The van der Waals surface area contributed by atoms with E-state index in [1.54, 1.807) is 41.4 Å². The zero-order valence-electron chi connectivity index (χ0n) is 50.3. The Morgan fingerprint density at radius 1 is 0.521 bits per heavy atom. The summed E-state index contributed by atoms with van der Waals surface area (Å²) in [6.45, 7) is 8.44. The lowest BCUT2D eigenvalue weighted by Gasteiger charge is -2.28. The van der Waals surface area contributed by atoms with Gasteiger partial charge in [0, 0.05) is 39.9 Å². The second kappa shape index (κ2) is 18.4. The molecule has 350 valence electrons. The topological polar surface area (TPSA) is 71.7 Å². The SMILES string of the molecule is [2H]c1c([2H])c([2H])c(-c2cccc(-c3c([2H])c([2H])c([2H])c([2H])c3[2H])c2[N+]2=C=[N+](c3cccc(Oc4cc5c(cc4-c4nc(C(C)(C)c6ccccc6)nc(C(C)(C)c6ccccc6)n4)c4ccccc4n5-c4ccccn4)c3)C=C2)c([2H])c1[2H]. The van der Waals surface area contributed by atoms with Crippen molar-refractivity contribution in [3.8, 4) is 51.0 Å². The maximum atomic E-state index is 9.00. The van der Waals surface area contributed by atoms with Crippen molar-refractivity contribution in [1.82, 2.24) is 24.5 Å². The van der Waals surface area contributed by atoms with E-state index in [2.05, 4.69) is 80.7 Å². The molecular weight excluding hydrogens is 895 g/mol. The van der Waals surface area contributed by atoms with Crippen LogP contribution in [0.5, 0.6) is 11.5 Å². The standard InChI is InChI=1S/C65H51N7O/c1-64(2,47-27-13-7-14-28-47)62-67-61(68-63(69-62)65(3,4)48-29-15-8-16-30-48)55-42-54-53-33-17-18-36-56(53)72(59-37-19-20-38-66-59)57(54)43-58(55)73-50-32-21-31-49(41-50)70-39-40-71(44-70)60-51(45-23-9-5-10-24-45)34-22-35-52(60)46-25-11-6-12-26-46/h5-43H,1-4H3/q+2/i5D,6D,9D,10D,11D,12D,23D,24D,25D,26D. The van der Waals surface area contributed by atoms with Gasteiger partial charge in [-0.15, -0.1) is 0 Å². The number of aromatic nitrogens is 5. The molecule has 0 saturated carbocycles. The number of benzene rings is 8. The van der Waals surface area contributed by atoms with E-state index in [0.717, 1.165) is 32.9 Å². The van der Waals surface area contributed by atoms with E-state index in [9.17, 15) is 0 Å². The zero-order valence-corrected chi connectivity index (χ0v) is 40.3. The minimum Gasteiger partial charge on any atom is -0.456 e. The molecule has 3 aromatic heterocycles. The molecule has 0 amide bonds. The highest BCUT2D eigenvalue weighted by Crippen LogP contribution is 2.44. The summed E-state index contributed by atoms with van der Waals surface area (Å²) in [5, 5.41) is 1.89. The summed E-state index contributed by atoms with van der Waals surface area (Å²) in [5.74, 6) is 3.08. The Labute approximate surface area is 439 Å². The Bertz CT molecular complexity index is 4370. The minimum atomic E-state index is -0.677. The lowest BCUT2D eigenvalue weighted by atomic mass is 9.82. The number of fused-ring (bicyclic) bond motifs is 3. The van der Waals surface area contributed by atoms with Crippen LogP contribution in [0.2, 0.25) is 0 Å². The maximum absolute atomic E-state index is 9.00. The van der Waals surface area contributed by atoms with Gasteiger partial charge in [-0.1, -0.05) is 167 Å². The van der Waals surface area contributed by atoms with Crippen LogP contribution < -0.4 is 4.74 Å². The van der Waals surface area contributed by atoms with E-state index in [0.29, 0.717) is 46.0 Å². The smallest absolute Gasteiger partial charge is 0.456 e. The van der Waals surface area contributed by atoms with Crippen molar-refractivity contribution in [2.45, 2.75) is 38.5 Å². The lowest BCUT2D eigenvalue weighted by Crippen LogP contribution is -2.29. The highest BCUT2D eigenvalue weighted by Gasteiger charge is 2.34. The Kier molecular flexibility index (Phi) is 8.80. The van der Waals surface area contributed by atoms with Gasteiger partial charge in [0.2, 0.25) is 11.4 Å². The average molecular weight is 956 g/mol. The van der Waals surface area contributed by atoms with Crippen LogP contribution in [0.1, 0.15) is 64.2 Å². The van der Waals surface area contributed by atoms with E-state index in [-0.39, 0.29) is 27.9 Å². The Balaban J connectivity index is 1.07. The number of rotatable bonds is 12. The zero-order chi connectivity index (χ0) is 58.2. The Morgan fingerprint density at radius 3 is 1.74 bits per heavy atom. The van der Waals surface area contributed by atoms with Gasteiger partial charge in [0.25, 0.3) is 12.4 Å². The predicted molar refractivity (Wildman–Crippen MR) is 292 cm³/mol. The van der Waals surface area contributed by atoms with Crippen molar-refractivity contribution in [3.05, 3.63) is 260 Å². The second-order valence-electron chi connectivity index (χ2n) is 18.6. The van der Waals surface area contributed by atoms with Crippen molar-refractivity contribution >= 4 is 39.2 Å². The van der Waals surface area contributed by atoms with Gasteiger partial charge >= 0.3 is 6.01 Å². The molecule has 4 heterocycles. The van der Waals surface area contributed by atoms with Gasteiger partial charge < -0.3 is 4.74 Å². The van der Waals surface area contributed by atoms with E-state index in [1.165, 1.54) is 4.58 Å². The summed E-state index contributed by atoms with van der Waals surface area (Å²) in [5.41, 5.74) is 3.72. The van der Waals surface area contributed by atoms with Crippen LogP contribution in [-0.4, -0.2) is 39.7 Å². The van der Waals surface area contributed by atoms with E-state index >= 15 is 0 Å². The van der Waals surface area contributed by atoms with Crippen LogP contribution in [0.4, 0.5) is 11.4 Å². The van der Waals surface area contributed by atoms with Gasteiger partial charge in [-0.3, -0.25) is 4.57 Å². The fourth-order valence-electron chi connectivity index (χ4n) is 9.40. The highest BCUT2D eigenvalue weighted by molar-refractivity contribution is 6.11. The molecule has 8 heteroatoms. The van der Waals surface area contributed by atoms with Gasteiger partial charge in [0.05, 0.1) is 47.5 Å². The molecule has 0 N–H and O–H groups in total. The molecule has 0 fully saturated rings. The van der Waals surface area contributed by atoms with Crippen molar-refractivity contribution in [3.63, 3.8) is 0 Å². The number of hydrogen-bond acceptors (Lipinski definition) is 5. The van der Waals surface area contributed by atoms with Gasteiger partial charge in [0.15, 0.2) is 5.82 Å². The summed E-state index contributed by atoms with van der Waals surface area (Å²) in [6.07, 6.45) is 5.09. The molecule has 11 aromatic rings. The molecule has 1 aliphatic rings. The molecular formula is C65H51N7O+2. The van der Waals surface area contributed by atoms with Crippen molar-refractivity contribution in [2.24, 2.45) is 0 Å². The summed E-state index contributed by atoms with van der Waals surface area (Å²) in [4.78, 5) is 20.9. The molecule has 73 heavy (non-hydrogen) atoms. The predicted octanol–water partition coefficient (Wildman–Crippen LogP) is 15.5. The largest absolute Gasteiger partial charge is 0.501 e. The van der Waals surface area contributed by atoms with Crippen LogP contribution in [0.3, 0.4) is 0 Å². The second-order valence-corrected chi connectivity index (χ2v) is 18.6. The molecule has 12 rings (SSSR count). The van der Waals surface area contributed by atoms with Crippen LogP contribution in [0.15, 0.2) is 237 Å². The molecule has 0 aliphatic carbocycles. The molecule has 0 saturated heterocycles. The first-order valence-electron chi connectivity index (χ1n) is 28.8. The number of ether oxygens (including phenoxy) is 1. The van der Waals surface area contributed by atoms with Crippen LogP contribution in [-0.2, 0) is 10.8 Å². The number of nitrogens with zero attached hydrogens (tertiary/aromatic N) is 7. The summed E-state index contributed by atoms with van der Waals surface area (Å²) >= 11 is 0. The molecule has 0 spiro atoms. The van der Waals surface area contributed by atoms with E-state index < -0.39 is 71.3 Å². The first-order valence-corrected chi connectivity index (χ1v) is 23.8. The maximum Gasteiger partial charge on any atom is 0.501 e.